The molecule has 0 heterocycles. The van der Waals surface area contributed by atoms with E-state index in [2.05, 4.69) is 74.2 Å². The molecule has 2 rings (SSSR count). The fraction of sp³-hybridized carbons (Fsp3) is 0.176. The smallest absolute Gasteiger partial charge is 0.269 e. The van der Waals surface area contributed by atoms with Crippen molar-refractivity contribution in [2.24, 2.45) is 5.16 Å². The molecule has 6 nitrogen and oxygen atoms in total. The Kier molecular flexibility index (Phi) is 8.14. The standard InChI is InChI=1S/C17H14Br4N2O4/c18-10-3-8(4-11(19)15(10)24)1-2-22-17(26)14(23-27)7-9-5-12(20)16(25)13(21)6-9/h3-6,24-25,27H,1-2,7H2,(H,22,26)/b23-14+. The normalized spacial score (nSPS) is 11.5. The molecular weight excluding hydrogens is 616 g/mol. The van der Waals surface area contributed by atoms with Crippen LogP contribution in [0.4, 0.5) is 0 Å². The predicted molar refractivity (Wildman–Crippen MR) is 117 cm³/mol. The van der Waals surface area contributed by atoms with E-state index in [1.165, 1.54) is 0 Å². The number of nitrogens with one attached hydrogen (secondary N) is 1. The Morgan fingerprint density at radius 3 is 1.78 bits per heavy atom. The van der Waals surface area contributed by atoms with Gasteiger partial charge >= 0.3 is 0 Å². The van der Waals surface area contributed by atoms with Gasteiger partial charge < -0.3 is 20.7 Å². The van der Waals surface area contributed by atoms with Gasteiger partial charge in [0.1, 0.15) is 17.2 Å². The Bertz CT molecular complexity index is 856. The number of phenolic OH excluding ortho intramolecular Hbond substituents is 2. The third kappa shape index (κ3) is 5.94. The molecule has 0 radical (unpaired) electrons. The van der Waals surface area contributed by atoms with E-state index >= 15 is 0 Å². The number of hydrogen-bond donors (Lipinski definition) is 4. The molecule has 4 N–H and O–H groups in total. The van der Waals surface area contributed by atoms with E-state index in [9.17, 15) is 20.2 Å². The van der Waals surface area contributed by atoms with E-state index in [1.54, 1.807) is 24.3 Å². The lowest BCUT2D eigenvalue weighted by molar-refractivity contribution is -0.115. The van der Waals surface area contributed by atoms with Crippen molar-refractivity contribution in [1.82, 2.24) is 5.32 Å². The van der Waals surface area contributed by atoms with Crippen LogP contribution in [0.25, 0.3) is 0 Å². The van der Waals surface area contributed by atoms with Gasteiger partial charge in [-0.1, -0.05) is 5.16 Å². The summed E-state index contributed by atoms with van der Waals surface area (Å²) in [5, 5.41) is 34.4. The van der Waals surface area contributed by atoms with Crippen LogP contribution in [0.2, 0.25) is 0 Å². The molecule has 144 valence electrons. The molecule has 0 aliphatic carbocycles. The minimum Gasteiger partial charge on any atom is -0.506 e. The number of phenols is 2. The van der Waals surface area contributed by atoms with Crippen LogP contribution >= 0.6 is 63.7 Å². The van der Waals surface area contributed by atoms with Gasteiger partial charge in [0.25, 0.3) is 5.91 Å². The predicted octanol–water partition coefficient (Wildman–Crippen LogP) is 4.88. The molecule has 0 aliphatic heterocycles. The monoisotopic (exact) mass is 626 g/mol. The zero-order valence-electron chi connectivity index (χ0n) is 13.6. The minimum atomic E-state index is -0.491. The number of rotatable bonds is 6. The van der Waals surface area contributed by atoms with Gasteiger partial charge in [-0.15, -0.1) is 0 Å². The van der Waals surface area contributed by atoms with E-state index in [-0.39, 0.29) is 23.6 Å². The quantitative estimate of drug-likeness (QED) is 0.208. The van der Waals surface area contributed by atoms with Crippen LogP contribution in [0.3, 0.4) is 0 Å². The van der Waals surface area contributed by atoms with Gasteiger partial charge in [0, 0.05) is 13.0 Å². The first-order valence-electron chi connectivity index (χ1n) is 7.55. The van der Waals surface area contributed by atoms with E-state index in [0.717, 1.165) is 5.56 Å². The molecule has 0 aromatic heterocycles. The summed E-state index contributed by atoms with van der Waals surface area (Å²) in [6, 6.07) is 6.81. The summed E-state index contributed by atoms with van der Waals surface area (Å²) in [7, 11) is 0. The zero-order valence-corrected chi connectivity index (χ0v) is 20.0. The summed E-state index contributed by atoms with van der Waals surface area (Å²) in [6.45, 7) is 0.324. The number of amides is 1. The molecule has 2 aromatic carbocycles. The third-order valence-corrected chi connectivity index (χ3v) is 6.02. The lowest BCUT2D eigenvalue weighted by atomic mass is 10.1. The van der Waals surface area contributed by atoms with Gasteiger partial charge in [-0.2, -0.15) is 0 Å². The summed E-state index contributed by atoms with van der Waals surface area (Å²) < 4.78 is 2.04. The van der Waals surface area contributed by atoms with Gasteiger partial charge in [-0.25, -0.2) is 0 Å². The minimum absolute atomic E-state index is 0.0486. The van der Waals surface area contributed by atoms with Crippen molar-refractivity contribution >= 4 is 75.3 Å². The number of halogens is 4. The zero-order chi connectivity index (χ0) is 20.1. The fourth-order valence-corrected chi connectivity index (χ4v) is 4.82. The van der Waals surface area contributed by atoms with Crippen molar-refractivity contribution < 1.29 is 20.2 Å². The van der Waals surface area contributed by atoms with Crippen molar-refractivity contribution in [3.05, 3.63) is 53.3 Å². The number of hydrogen-bond acceptors (Lipinski definition) is 5. The summed E-state index contributed by atoms with van der Waals surface area (Å²) in [5.41, 5.74) is 1.54. The van der Waals surface area contributed by atoms with E-state index in [4.69, 9.17) is 0 Å². The van der Waals surface area contributed by atoms with Crippen LogP contribution in [-0.4, -0.2) is 33.6 Å². The first-order chi connectivity index (χ1) is 12.7. The van der Waals surface area contributed by atoms with Crippen LogP contribution in [0, 0.1) is 0 Å². The third-order valence-electron chi connectivity index (χ3n) is 3.61. The van der Waals surface area contributed by atoms with Crippen LogP contribution in [0.5, 0.6) is 11.5 Å². The Morgan fingerprint density at radius 1 is 0.889 bits per heavy atom. The number of carbonyl (C=O) groups excluding carboxylic acids is 1. The van der Waals surface area contributed by atoms with Gasteiger partial charge in [0.2, 0.25) is 0 Å². The number of aromatic hydroxyl groups is 2. The summed E-state index contributed by atoms with van der Waals surface area (Å²) in [6.07, 6.45) is 0.619. The first-order valence-corrected chi connectivity index (χ1v) is 10.7. The molecule has 0 atom stereocenters. The van der Waals surface area contributed by atoms with Crippen LogP contribution in [0.15, 0.2) is 47.3 Å². The average molecular weight is 630 g/mol. The molecule has 10 heteroatoms. The molecule has 1 amide bonds. The van der Waals surface area contributed by atoms with Crippen LogP contribution in [-0.2, 0) is 17.6 Å². The Labute approximate surface area is 189 Å². The highest BCUT2D eigenvalue weighted by atomic mass is 79.9. The molecule has 0 aliphatic rings. The van der Waals surface area contributed by atoms with Gasteiger partial charge in [-0.3, -0.25) is 4.79 Å². The average Bonchev–Trinajstić information content (AvgIpc) is 2.61. The van der Waals surface area contributed by atoms with Crippen LogP contribution in [0.1, 0.15) is 11.1 Å². The molecular formula is C17H14Br4N2O4. The van der Waals surface area contributed by atoms with Crippen molar-refractivity contribution in [3.8, 4) is 11.5 Å². The van der Waals surface area contributed by atoms with Crippen LogP contribution < -0.4 is 5.32 Å². The molecule has 0 fully saturated rings. The number of nitrogens with zero attached hydrogens (tertiary/aromatic N) is 1. The van der Waals surface area contributed by atoms with Crippen molar-refractivity contribution in [1.29, 1.82) is 0 Å². The SMILES string of the molecule is O=C(NCCc1cc(Br)c(O)c(Br)c1)/C(Cc1cc(Br)c(O)c(Br)c1)=N/O. The Morgan fingerprint density at radius 2 is 1.33 bits per heavy atom. The molecule has 27 heavy (non-hydrogen) atoms. The summed E-state index contributed by atoms with van der Waals surface area (Å²) in [5.74, 6) is -0.324. The second-order valence-electron chi connectivity index (χ2n) is 5.55. The summed E-state index contributed by atoms with van der Waals surface area (Å²) >= 11 is 13.0. The highest BCUT2D eigenvalue weighted by Crippen LogP contribution is 2.34. The molecule has 0 bridgehead atoms. The lowest BCUT2D eigenvalue weighted by Crippen LogP contribution is -2.33. The number of benzene rings is 2. The van der Waals surface area contributed by atoms with E-state index in [0.29, 0.717) is 36.4 Å². The van der Waals surface area contributed by atoms with Crippen molar-refractivity contribution in [2.45, 2.75) is 12.8 Å². The van der Waals surface area contributed by atoms with E-state index in [1.807, 2.05) is 0 Å². The van der Waals surface area contributed by atoms with Gasteiger partial charge in [0.05, 0.1) is 17.9 Å². The Balaban J connectivity index is 1.98. The van der Waals surface area contributed by atoms with Gasteiger partial charge in [0.15, 0.2) is 0 Å². The molecule has 0 saturated heterocycles. The lowest BCUT2D eigenvalue weighted by Gasteiger charge is -2.10. The number of carbonyl (C=O) groups is 1. The Hall–Kier alpha value is -1.10. The van der Waals surface area contributed by atoms with E-state index < -0.39 is 5.91 Å². The molecule has 0 unspecified atom stereocenters. The molecule has 2 aromatic rings. The number of oxime groups is 1. The van der Waals surface area contributed by atoms with Crippen molar-refractivity contribution in [2.75, 3.05) is 6.54 Å². The molecule has 0 saturated carbocycles. The maximum absolute atomic E-state index is 12.3. The highest BCUT2D eigenvalue weighted by molar-refractivity contribution is 9.11. The first kappa shape index (κ1) is 22.2. The fourth-order valence-electron chi connectivity index (χ4n) is 2.26. The maximum atomic E-state index is 12.3. The maximum Gasteiger partial charge on any atom is 0.269 e. The highest BCUT2D eigenvalue weighted by Gasteiger charge is 2.15. The van der Waals surface area contributed by atoms with Gasteiger partial charge in [-0.05, 0) is 106 Å². The van der Waals surface area contributed by atoms with Crippen molar-refractivity contribution in [3.63, 3.8) is 0 Å². The second-order valence-corrected chi connectivity index (χ2v) is 8.96. The molecule has 0 spiro atoms. The summed E-state index contributed by atoms with van der Waals surface area (Å²) in [4.78, 5) is 12.3. The second kappa shape index (κ2) is 9.90. The largest absolute Gasteiger partial charge is 0.506 e. The topological polar surface area (TPSA) is 102 Å².